The van der Waals surface area contributed by atoms with Gasteiger partial charge in [0, 0.05) is 44.8 Å². The van der Waals surface area contributed by atoms with Crippen molar-refractivity contribution in [3.8, 4) is 0 Å². The first kappa shape index (κ1) is 16.3. The van der Waals surface area contributed by atoms with Gasteiger partial charge in [0.1, 0.15) is 0 Å². The summed E-state index contributed by atoms with van der Waals surface area (Å²) < 4.78 is 0. The summed E-state index contributed by atoms with van der Waals surface area (Å²) in [5.74, 6) is 1.17. The van der Waals surface area contributed by atoms with Crippen molar-refractivity contribution < 1.29 is 4.79 Å². The summed E-state index contributed by atoms with van der Waals surface area (Å²) in [4.78, 5) is 16.8. The highest BCUT2D eigenvalue weighted by Gasteiger charge is 2.22. The van der Waals surface area contributed by atoms with E-state index in [9.17, 15) is 4.79 Å². The first-order valence-electron chi connectivity index (χ1n) is 9.05. The number of hydrogen-bond acceptors (Lipinski definition) is 3. The molecular weight excluding hydrogens is 286 g/mol. The van der Waals surface area contributed by atoms with Crippen molar-refractivity contribution in [2.75, 3.05) is 31.9 Å². The van der Waals surface area contributed by atoms with Crippen molar-refractivity contribution in [1.29, 1.82) is 0 Å². The van der Waals surface area contributed by atoms with E-state index >= 15 is 0 Å². The summed E-state index contributed by atoms with van der Waals surface area (Å²) in [5.41, 5.74) is 7.92. The van der Waals surface area contributed by atoms with Crippen molar-refractivity contribution in [2.24, 2.45) is 5.92 Å². The van der Waals surface area contributed by atoms with Crippen LogP contribution in [-0.2, 0) is 11.3 Å². The molecule has 4 heteroatoms. The van der Waals surface area contributed by atoms with Crippen LogP contribution in [0.4, 0.5) is 5.69 Å². The predicted molar refractivity (Wildman–Crippen MR) is 93.9 cm³/mol. The monoisotopic (exact) mass is 315 g/mol. The molecule has 1 aliphatic heterocycles. The van der Waals surface area contributed by atoms with Crippen molar-refractivity contribution >= 4 is 11.6 Å². The van der Waals surface area contributed by atoms with Gasteiger partial charge < -0.3 is 10.6 Å². The first-order chi connectivity index (χ1) is 11.2. The van der Waals surface area contributed by atoms with Gasteiger partial charge in [0.2, 0.25) is 5.91 Å². The fourth-order valence-electron chi connectivity index (χ4n) is 3.89. The van der Waals surface area contributed by atoms with Crippen LogP contribution in [0.5, 0.6) is 0 Å². The molecule has 1 heterocycles. The lowest BCUT2D eigenvalue weighted by atomic mass is 10.0. The number of amides is 1. The molecule has 1 aromatic carbocycles. The topological polar surface area (TPSA) is 49.6 Å². The molecular formula is C19H29N3O. The SMILES string of the molecule is Nc1cccc(CN2CCN(C(=O)CCC3CCCC3)CC2)c1. The second-order valence-electron chi connectivity index (χ2n) is 7.09. The molecule has 0 aromatic heterocycles. The molecule has 1 aliphatic carbocycles. The number of nitrogens with zero attached hydrogens (tertiary/aromatic N) is 2. The predicted octanol–water partition coefficient (Wildman–Crippen LogP) is 2.88. The Bertz CT molecular complexity index is 517. The Kier molecular flexibility index (Phi) is 5.55. The van der Waals surface area contributed by atoms with Crippen molar-refractivity contribution in [3.63, 3.8) is 0 Å². The van der Waals surface area contributed by atoms with Crippen LogP contribution in [-0.4, -0.2) is 41.9 Å². The van der Waals surface area contributed by atoms with Gasteiger partial charge in [-0.15, -0.1) is 0 Å². The molecule has 0 bridgehead atoms. The smallest absolute Gasteiger partial charge is 0.222 e. The molecule has 23 heavy (non-hydrogen) atoms. The Hall–Kier alpha value is -1.55. The number of nitrogen functional groups attached to an aromatic ring is 1. The molecule has 0 unspecified atom stereocenters. The van der Waals surface area contributed by atoms with Gasteiger partial charge >= 0.3 is 0 Å². The zero-order valence-corrected chi connectivity index (χ0v) is 14.0. The van der Waals surface area contributed by atoms with E-state index in [4.69, 9.17) is 5.73 Å². The van der Waals surface area contributed by atoms with Crippen LogP contribution in [0.3, 0.4) is 0 Å². The molecule has 0 atom stereocenters. The molecule has 1 aromatic rings. The second-order valence-corrected chi connectivity index (χ2v) is 7.09. The lowest BCUT2D eigenvalue weighted by Crippen LogP contribution is -2.48. The molecule has 0 spiro atoms. The zero-order valence-electron chi connectivity index (χ0n) is 14.0. The highest BCUT2D eigenvalue weighted by Crippen LogP contribution is 2.28. The highest BCUT2D eigenvalue weighted by molar-refractivity contribution is 5.76. The number of carbonyl (C=O) groups excluding carboxylic acids is 1. The van der Waals surface area contributed by atoms with E-state index in [1.54, 1.807) is 0 Å². The van der Waals surface area contributed by atoms with E-state index in [-0.39, 0.29) is 0 Å². The molecule has 1 saturated carbocycles. The van der Waals surface area contributed by atoms with Gasteiger partial charge in [-0.1, -0.05) is 37.8 Å². The third-order valence-electron chi connectivity index (χ3n) is 5.32. The molecule has 1 saturated heterocycles. The molecule has 1 amide bonds. The number of rotatable bonds is 5. The first-order valence-corrected chi connectivity index (χ1v) is 9.05. The maximum Gasteiger partial charge on any atom is 0.222 e. The van der Waals surface area contributed by atoms with Gasteiger partial charge in [-0.3, -0.25) is 9.69 Å². The van der Waals surface area contributed by atoms with E-state index in [1.807, 2.05) is 18.2 Å². The number of anilines is 1. The Morgan fingerprint density at radius 1 is 1.13 bits per heavy atom. The van der Waals surface area contributed by atoms with Crippen LogP contribution in [0, 0.1) is 5.92 Å². The number of piperazine rings is 1. The van der Waals surface area contributed by atoms with E-state index in [0.29, 0.717) is 5.91 Å². The fraction of sp³-hybridized carbons (Fsp3) is 0.632. The average Bonchev–Trinajstić information content (AvgIpc) is 3.07. The molecule has 2 N–H and O–H groups in total. The van der Waals surface area contributed by atoms with Crippen molar-refractivity contribution in [3.05, 3.63) is 29.8 Å². The third-order valence-corrected chi connectivity index (χ3v) is 5.32. The molecule has 126 valence electrons. The summed E-state index contributed by atoms with van der Waals surface area (Å²) in [6.45, 7) is 4.58. The molecule has 0 radical (unpaired) electrons. The number of benzene rings is 1. The fourth-order valence-corrected chi connectivity index (χ4v) is 3.89. The van der Waals surface area contributed by atoms with Crippen molar-refractivity contribution in [1.82, 2.24) is 9.80 Å². The molecule has 2 aliphatic rings. The Morgan fingerprint density at radius 3 is 2.57 bits per heavy atom. The van der Waals surface area contributed by atoms with Gasteiger partial charge in [0.05, 0.1) is 0 Å². The highest BCUT2D eigenvalue weighted by atomic mass is 16.2. The largest absolute Gasteiger partial charge is 0.399 e. The van der Waals surface area contributed by atoms with Crippen LogP contribution in [0.25, 0.3) is 0 Å². The van der Waals surface area contributed by atoms with Gasteiger partial charge in [0.15, 0.2) is 0 Å². The maximum atomic E-state index is 12.4. The Balaban J connectivity index is 1.40. The normalized spacial score (nSPS) is 20.1. The van der Waals surface area contributed by atoms with E-state index in [2.05, 4.69) is 15.9 Å². The molecule has 3 rings (SSSR count). The summed E-state index contributed by atoms with van der Waals surface area (Å²) in [6.07, 6.45) is 7.24. The lowest BCUT2D eigenvalue weighted by Gasteiger charge is -2.35. The summed E-state index contributed by atoms with van der Waals surface area (Å²) in [7, 11) is 0. The molecule has 2 fully saturated rings. The van der Waals surface area contributed by atoms with Crippen LogP contribution < -0.4 is 5.73 Å². The standard InChI is InChI=1S/C19H29N3O/c20-18-7-3-6-17(14-18)15-21-10-12-22(13-11-21)19(23)9-8-16-4-1-2-5-16/h3,6-7,14,16H,1-2,4-5,8-13,15,20H2. The van der Waals surface area contributed by atoms with Crippen LogP contribution >= 0.6 is 0 Å². The van der Waals surface area contributed by atoms with Gasteiger partial charge in [-0.25, -0.2) is 0 Å². The summed E-state index contributed by atoms with van der Waals surface area (Å²) in [6, 6.07) is 8.09. The quantitative estimate of drug-likeness (QED) is 0.850. The molecule has 4 nitrogen and oxygen atoms in total. The minimum Gasteiger partial charge on any atom is -0.399 e. The van der Waals surface area contributed by atoms with Crippen LogP contribution in [0.15, 0.2) is 24.3 Å². The van der Waals surface area contributed by atoms with Crippen LogP contribution in [0.1, 0.15) is 44.1 Å². The Labute approximate surface area is 139 Å². The van der Waals surface area contributed by atoms with E-state index in [1.165, 1.54) is 31.2 Å². The van der Waals surface area contributed by atoms with Gasteiger partial charge in [-0.05, 0) is 30.0 Å². The Morgan fingerprint density at radius 2 is 1.87 bits per heavy atom. The third kappa shape index (κ3) is 4.71. The second kappa shape index (κ2) is 7.82. The average molecular weight is 315 g/mol. The lowest BCUT2D eigenvalue weighted by molar-refractivity contribution is -0.133. The number of hydrogen-bond donors (Lipinski definition) is 1. The zero-order chi connectivity index (χ0) is 16.1. The summed E-state index contributed by atoms with van der Waals surface area (Å²) in [5, 5.41) is 0. The van der Waals surface area contributed by atoms with Gasteiger partial charge in [0.25, 0.3) is 0 Å². The minimum absolute atomic E-state index is 0.362. The van der Waals surface area contributed by atoms with E-state index < -0.39 is 0 Å². The number of nitrogens with two attached hydrogens (primary N) is 1. The number of carbonyl (C=O) groups is 1. The minimum atomic E-state index is 0.362. The maximum absolute atomic E-state index is 12.4. The van der Waals surface area contributed by atoms with Gasteiger partial charge in [-0.2, -0.15) is 0 Å². The summed E-state index contributed by atoms with van der Waals surface area (Å²) >= 11 is 0. The van der Waals surface area contributed by atoms with E-state index in [0.717, 1.165) is 57.2 Å². The van der Waals surface area contributed by atoms with Crippen LogP contribution in [0.2, 0.25) is 0 Å². The van der Waals surface area contributed by atoms with Crippen molar-refractivity contribution in [2.45, 2.75) is 45.1 Å².